The first-order valence-corrected chi connectivity index (χ1v) is 10.1. The predicted molar refractivity (Wildman–Crippen MR) is 114 cm³/mol. The zero-order valence-electron chi connectivity index (χ0n) is 17.2. The van der Waals surface area contributed by atoms with Crippen molar-refractivity contribution in [3.8, 4) is 11.5 Å². The van der Waals surface area contributed by atoms with Gasteiger partial charge in [-0.05, 0) is 58.0 Å². The lowest BCUT2D eigenvalue weighted by atomic mass is 9.78. The molecule has 2 atom stereocenters. The molecular formula is C23H22N4O4. The summed E-state index contributed by atoms with van der Waals surface area (Å²) in [7, 11) is 3.27. The number of nitrogens with zero attached hydrogens (tertiary/aromatic N) is 2. The van der Waals surface area contributed by atoms with Crippen LogP contribution in [0.15, 0.2) is 64.4 Å². The van der Waals surface area contributed by atoms with Crippen molar-refractivity contribution in [1.82, 2.24) is 10.3 Å². The molecule has 0 bridgehead atoms. The van der Waals surface area contributed by atoms with Crippen LogP contribution in [0.4, 0.5) is 11.6 Å². The molecule has 0 radical (unpaired) electrons. The fraction of sp³-hybridized carbons (Fsp3) is 0.261. The Hall–Kier alpha value is -3.81. The molecule has 8 heteroatoms. The summed E-state index contributed by atoms with van der Waals surface area (Å²) in [6.07, 6.45) is 1.10. The number of hydrogen-bond acceptors (Lipinski definition) is 8. The van der Waals surface area contributed by atoms with Crippen LogP contribution in [0.2, 0.25) is 0 Å². The van der Waals surface area contributed by atoms with Gasteiger partial charge in [0.25, 0.3) is 0 Å². The maximum Gasteiger partial charge on any atom is 0.219 e. The van der Waals surface area contributed by atoms with E-state index in [1.807, 2.05) is 48.5 Å². The number of carbonyl (C=O) groups is 1. The van der Waals surface area contributed by atoms with Gasteiger partial charge in [-0.1, -0.05) is 24.3 Å². The first kappa shape index (κ1) is 19.2. The van der Waals surface area contributed by atoms with Crippen LogP contribution >= 0.6 is 0 Å². The van der Waals surface area contributed by atoms with Gasteiger partial charge in [0.05, 0.1) is 20.3 Å². The molecule has 0 fully saturated rings. The molecular weight excluding hydrogens is 396 g/mol. The number of ketones is 1. The number of carbonyl (C=O) groups excluding carboxylic acids is 1. The van der Waals surface area contributed by atoms with Crippen molar-refractivity contribution in [2.75, 3.05) is 24.9 Å². The van der Waals surface area contributed by atoms with Crippen LogP contribution in [0.25, 0.3) is 0 Å². The molecule has 1 aliphatic heterocycles. The van der Waals surface area contributed by atoms with E-state index >= 15 is 0 Å². The van der Waals surface area contributed by atoms with E-state index in [-0.39, 0.29) is 17.7 Å². The molecule has 2 heterocycles. The summed E-state index contributed by atoms with van der Waals surface area (Å²) in [4.78, 5) is 13.4. The van der Waals surface area contributed by atoms with Crippen molar-refractivity contribution in [3.63, 3.8) is 0 Å². The SMILES string of the molecule is COc1ccc([C@H]2CC(=O)C3=C(C2)Nc2nonc2N[C@@H]3c2ccc(OC)cc2)cc1. The minimum absolute atomic E-state index is 0.0579. The summed E-state index contributed by atoms with van der Waals surface area (Å²) in [5.41, 5.74) is 3.57. The van der Waals surface area contributed by atoms with Crippen molar-refractivity contribution >= 4 is 17.4 Å². The minimum atomic E-state index is -0.370. The number of ether oxygens (including phenoxy) is 2. The molecule has 31 heavy (non-hydrogen) atoms. The Labute approximate surface area is 179 Å². The molecule has 158 valence electrons. The van der Waals surface area contributed by atoms with Crippen molar-refractivity contribution in [3.05, 3.63) is 70.9 Å². The summed E-state index contributed by atoms with van der Waals surface area (Å²) < 4.78 is 15.5. The van der Waals surface area contributed by atoms with E-state index in [1.54, 1.807) is 14.2 Å². The Morgan fingerprint density at radius 2 is 1.48 bits per heavy atom. The highest BCUT2D eigenvalue weighted by Crippen LogP contribution is 2.43. The average Bonchev–Trinajstić information content (AvgIpc) is 3.17. The smallest absolute Gasteiger partial charge is 0.219 e. The fourth-order valence-electron chi connectivity index (χ4n) is 4.26. The van der Waals surface area contributed by atoms with Gasteiger partial charge in [0.1, 0.15) is 11.5 Å². The van der Waals surface area contributed by atoms with Crippen molar-refractivity contribution in [2.45, 2.75) is 24.8 Å². The van der Waals surface area contributed by atoms with Gasteiger partial charge in [0, 0.05) is 17.7 Å². The first-order chi connectivity index (χ1) is 15.2. The van der Waals surface area contributed by atoms with Gasteiger partial charge in [-0.2, -0.15) is 0 Å². The minimum Gasteiger partial charge on any atom is -0.497 e. The molecule has 1 aromatic heterocycles. The number of fused-ring (bicyclic) bond motifs is 1. The van der Waals surface area contributed by atoms with Gasteiger partial charge < -0.3 is 20.1 Å². The second-order valence-electron chi connectivity index (χ2n) is 7.63. The van der Waals surface area contributed by atoms with Gasteiger partial charge >= 0.3 is 0 Å². The number of methoxy groups -OCH3 is 2. The second-order valence-corrected chi connectivity index (χ2v) is 7.63. The maximum absolute atomic E-state index is 13.4. The second kappa shape index (κ2) is 7.79. The first-order valence-electron chi connectivity index (χ1n) is 10.1. The molecule has 1 aliphatic carbocycles. The van der Waals surface area contributed by atoms with E-state index in [9.17, 15) is 4.79 Å². The Morgan fingerprint density at radius 1 is 0.871 bits per heavy atom. The van der Waals surface area contributed by atoms with Crippen LogP contribution in [0.3, 0.4) is 0 Å². The normalized spacial score (nSPS) is 20.1. The van der Waals surface area contributed by atoms with Crippen LogP contribution in [-0.4, -0.2) is 30.3 Å². The number of anilines is 2. The number of allylic oxidation sites excluding steroid dienone is 1. The monoisotopic (exact) mass is 418 g/mol. The van der Waals surface area contributed by atoms with E-state index in [0.717, 1.165) is 28.3 Å². The van der Waals surface area contributed by atoms with Crippen LogP contribution in [0.5, 0.6) is 11.5 Å². The summed E-state index contributed by atoms with van der Waals surface area (Å²) in [5.74, 6) is 2.65. The maximum atomic E-state index is 13.4. The molecule has 0 spiro atoms. The van der Waals surface area contributed by atoms with E-state index < -0.39 is 0 Å². The number of benzene rings is 2. The summed E-state index contributed by atoms with van der Waals surface area (Å²) >= 11 is 0. The van der Waals surface area contributed by atoms with Crippen LogP contribution in [0, 0.1) is 0 Å². The van der Waals surface area contributed by atoms with Crippen LogP contribution < -0.4 is 20.1 Å². The molecule has 0 saturated heterocycles. The Kier molecular flexibility index (Phi) is 4.82. The van der Waals surface area contributed by atoms with Crippen LogP contribution in [-0.2, 0) is 4.79 Å². The molecule has 0 unspecified atom stereocenters. The Bertz CT molecular complexity index is 1140. The quantitative estimate of drug-likeness (QED) is 0.654. The third kappa shape index (κ3) is 3.50. The molecule has 0 saturated carbocycles. The topological polar surface area (TPSA) is 98.5 Å². The summed E-state index contributed by atoms with van der Waals surface area (Å²) in [5, 5.41) is 14.6. The van der Waals surface area contributed by atoms with Crippen LogP contribution in [0.1, 0.15) is 35.9 Å². The Morgan fingerprint density at radius 3 is 2.13 bits per heavy atom. The standard InChI is InChI=1S/C23H22N4O4/c1-29-16-7-3-13(4-8-16)15-11-18-20(19(28)12-15)21(14-5-9-17(30-2)10-6-14)25-23-22(24-18)26-31-27-23/h3-10,15,21H,11-12H2,1-2H3,(H,24,26)(H,25,27)/t15-,21-/m1/s1. The molecule has 3 aromatic rings. The molecule has 0 amide bonds. The number of aromatic nitrogens is 2. The number of hydrogen-bond donors (Lipinski definition) is 2. The molecule has 5 rings (SSSR count). The van der Waals surface area contributed by atoms with Crippen molar-refractivity contribution in [1.29, 1.82) is 0 Å². The largest absolute Gasteiger partial charge is 0.497 e. The molecule has 8 nitrogen and oxygen atoms in total. The third-order valence-corrected chi connectivity index (χ3v) is 5.87. The highest BCUT2D eigenvalue weighted by molar-refractivity contribution is 6.00. The van der Waals surface area contributed by atoms with Gasteiger partial charge in [-0.15, -0.1) is 0 Å². The lowest BCUT2D eigenvalue weighted by Gasteiger charge is -2.29. The third-order valence-electron chi connectivity index (χ3n) is 5.87. The highest BCUT2D eigenvalue weighted by Gasteiger charge is 2.37. The lowest BCUT2D eigenvalue weighted by Crippen LogP contribution is -2.27. The molecule has 2 aromatic carbocycles. The molecule has 2 aliphatic rings. The zero-order chi connectivity index (χ0) is 21.4. The number of rotatable bonds is 4. The fourth-order valence-corrected chi connectivity index (χ4v) is 4.26. The zero-order valence-corrected chi connectivity index (χ0v) is 17.2. The van der Waals surface area contributed by atoms with E-state index in [1.165, 1.54) is 0 Å². The average molecular weight is 418 g/mol. The van der Waals surface area contributed by atoms with Gasteiger partial charge in [-0.25, -0.2) is 4.63 Å². The lowest BCUT2D eigenvalue weighted by molar-refractivity contribution is -0.116. The molecule has 2 N–H and O–H groups in total. The summed E-state index contributed by atoms with van der Waals surface area (Å²) in [6, 6.07) is 15.2. The number of nitrogens with one attached hydrogen (secondary N) is 2. The Balaban J connectivity index is 1.54. The van der Waals surface area contributed by atoms with Gasteiger partial charge in [0.2, 0.25) is 11.6 Å². The van der Waals surface area contributed by atoms with Gasteiger partial charge in [-0.3, -0.25) is 4.79 Å². The van der Waals surface area contributed by atoms with E-state index in [0.29, 0.717) is 30.1 Å². The van der Waals surface area contributed by atoms with Crippen molar-refractivity contribution in [2.24, 2.45) is 0 Å². The summed E-state index contributed by atoms with van der Waals surface area (Å²) in [6.45, 7) is 0. The van der Waals surface area contributed by atoms with Gasteiger partial charge in [0.15, 0.2) is 5.78 Å². The van der Waals surface area contributed by atoms with Crippen molar-refractivity contribution < 1.29 is 18.9 Å². The number of Topliss-reactive ketones (excluding diaryl/α,β-unsaturated/α-hetero) is 1. The predicted octanol–water partition coefficient (Wildman–Crippen LogP) is 4.07. The van der Waals surface area contributed by atoms with E-state index in [4.69, 9.17) is 14.1 Å². The highest BCUT2D eigenvalue weighted by atomic mass is 16.6. The van der Waals surface area contributed by atoms with E-state index in [2.05, 4.69) is 20.9 Å².